The molecular formula is C30H30O8. The van der Waals surface area contributed by atoms with Crippen molar-refractivity contribution < 1.29 is 38.0 Å². The van der Waals surface area contributed by atoms with Crippen LogP contribution in [0.5, 0.6) is 34.5 Å². The van der Waals surface area contributed by atoms with Gasteiger partial charge < -0.3 is 28.4 Å². The Morgan fingerprint density at radius 1 is 0.474 bits per heavy atom. The lowest BCUT2D eigenvalue weighted by molar-refractivity contribution is 0.103. The molecule has 0 saturated carbocycles. The topological polar surface area (TPSA) is 89.5 Å². The van der Waals surface area contributed by atoms with E-state index >= 15 is 0 Å². The van der Waals surface area contributed by atoms with E-state index in [2.05, 4.69) is 0 Å². The first-order valence-electron chi connectivity index (χ1n) is 11.5. The SMILES string of the molecule is COc1cc(OC)c(OC)cc1/C=C/C(=O)c1ccc(C(=O)/C=C/c2cc(OC)c(OC)cc2OC)cc1. The van der Waals surface area contributed by atoms with Crippen LogP contribution >= 0.6 is 0 Å². The molecule has 0 heterocycles. The molecule has 3 aromatic carbocycles. The van der Waals surface area contributed by atoms with E-state index in [9.17, 15) is 9.59 Å². The monoisotopic (exact) mass is 518 g/mol. The lowest BCUT2D eigenvalue weighted by Crippen LogP contribution is -1.99. The Balaban J connectivity index is 1.76. The Bertz CT molecular complexity index is 1250. The maximum atomic E-state index is 12.8. The molecule has 38 heavy (non-hydrogen) atoms. The molecule has 3 aromatic rings. The fourth-order valence-electron chi connectivity index (χ4n) is 3.69. The molecule has 0 radical (unpaired) electrons. The highest BCUT2D eigenvalue weighted by Gasteiger charge is 2.13. The molecule has 0 fully saturated rings. The van der Waals surface area contributed by atoms with Gasteiger partial charge >= 0.3 is 0 Å². The fraction of sp³-hybridized carbons (Fsp3) is 0.200. The molecule has 0 unspecified atom stereocenters. The third-order valence-electron chi connectivity index (χ3n) is 5.75. The number of benzene rings is 3. The van der Waals surface area contributed by atoms with Gasteiger partial charge in [0, 0.05) is 34.4 Å². The van der Waals surface area contributed by atoms with Gasteiger partial charge in [-0.1, -0.05) is 24.3 Å². The summed E-state index contributed by atoms with van der Waals surface area (Å²) in [5.74, 6) is 2.68. The summed E-state index contributed by atoms with van der Waals surface area (Å²) < 4.78 is 32.0. The van der Waals surface area contributed by atoms with Gasteiger partial charge in [0.25, 0.3) is 0 Å². The van der Waals surface area contributed by atoms with Crippen molar-refractivity contribution in [3.63, 3.8) is 0 Å². The van der Waals surface area contributed by atoms with Crippen LogP contribution in [0.2, 0.25) is 0 Å². The van der Waals surface area contributed by atoms with Crippen LogP contribution in [0, 0.1) is 0 Å². The normalized spacial score (nSPS) is 10.9. The summed E-state index contributed by atoms with van der Waals surface area (Å²) in [7, 11) is 9.20. The summed E-state index contributed by atoms with van der Waals surface area (Å²) in [5.41, 5.74) is 2.17. The number of ketones is 2. The van der Waals surface area contributed by atoms with Crippen LogP contribution in [0.25, 0.3) is 12.2 Å². The van der Waals surface area contributed by atoms with Gasteiger partial charge in [0.05, 0.1) is 42.7 Å². The van der Waals surface area contributed by atoms with Crippen LogP contribution in [-0.4, -0.2) is 54.2 Å². The third kappa shape index (κ3) is 6.34. The van der Waals surface area contributed by atoms with E-state index in [1.165, 1.54) is 54.8 Å². The highest BCUT2D eigenvalue weighted by atomic mass is 16.5. The van der Waals surface area contributed by atoms with Gasteiger partial charge in [-0.05, 0) is 36.4 Å². The highest BCUT2D eigenvalue weighted by molar-refractivity contribution is 6.09. The van der Waals surface area contributed by atoms with E-state index in [0.29, 0.717) is 56.8 Å². The first kappa shape index (κ1) is 27.9. The number of hydrogen-bond donors (Lipinski definition) is 0. The average Bonchev–Trinajstić information content (AvgIpc) is 2.97. The number of carbonyl (C=O) groups excluding carboxylic acids is 2. The molecule has 0 aromatic heterocycles. The quantitative estimate of drug-likeness (QED) is 0.228. The minimum atomic E-state index is -0.230. The molecule has 3 rings (SSSR count). The second-order valence-corrected chi connectivity index (χ2v) is 7.87. The largest absolute Gasteiger partial charge is 0.496 e. The molecule has 0 amide bonds. The Labute approximate surface area is 222 Å². The lowest BCUT2D eigenvalue weighted by atomic mass is 10.0. The third-order valence-corrected chi connectivity index (χ3v) is 5.75. The number of ether oxygens (including phenoxy) is 6. The van der Waals surface area contributed by atoms with Crippen molar-refractivity contribution in [2.24, 2.45) is 0 Å². The van der Waals surface area contributed by atoms with Crippen LogP contribution in [0.4, 0.5) is 0 Å². The van der Waals surface area contributed by atoms with Crippen molar-refractivity contribution in [3.05, 3.63) is 82.9 Å². The summed E-state index contributed by atoms with van der Waals surface area (Å²) in [6.45, 7) is 0. The number of methoxy groups -OCH3 is 6. The van der Waals surface area contributed by atoms with Crippen LogP contribution < -0.4 is 28.4 Å². The molecule has 0 aliphatic carbocycles. The molecule has 0 spiro atoms. The lowest BCUT2D eigenvalue weighted by Gasteiger charge is -2.12. The second-order valence-electron chi connectivity index (χ2n) is 7.87. The van der Waals surface area contributed by atoms with Crippen LogP contribution in [0.15, 0.2) is 60.7 Å². The van der Waals surface area contributed by atoms with Gasteiger partial charge in [0.1, 0.15) is 11.5 Å². The Morgan fingerprint density at radius 2 is 0.763 bits per heavy atom. The molecule has 0 bridgehead atoms. The second kappa shape index (κ2) is 13.0. The van der Waals surface area contributed by atoms with Crippen molar-refractivity contribution in [1.29, 1.82) is 0 Å². The molecule has 0 N–H and O–H groups in total. The van der Waals surface area contributed by atoms with Crippen LogP contribution in [-0.2, 0) is 0 Å². The summed E-state index contributed by atoms with van der Waals surface area (Å²) in [6, 6.07) is 13.3. The molecule has 0 saturated heterocycles. The number of hydrogen-bond acceptors (Lipinski definition) is 8. The van der Waals surface area contributed by atoms with E-state index in [-0.39, 0.29) is 11.6 Å². The number of carbonyl (C=O) groups is 2. The molecule has 8 nitrogen and oxygen atoms in total. The zero-order valence-electron chi connectivity index (χ0n) is 22.2. The predicted octanol–water partition coefficient (Wildman–Crippen LogP) is 5.53. The smallest absolute Gasteiger partial charge is 0.185 e. The number of rotatable bonds is 12. The standard InChI is InChI=1S/C30H30O8/c1-33-25-17-29(37-5)27(35-3)15-21(25)11-13-23(31)19-7-9-20(10-8-19)24(32)14-12-22-16-28(36-4)30(38-6)18-26(22)34-2/h7-18H,1-6H3/b13-11+,14-12+. The zero-order valence-corrected chi connectivity index (χ0v) is 22.2. The Kier molecular flexibility index (Phi) is 9.54. The van der Waals surface area contributed by atoms with Gasteiger partial charge in [0.15, 0.2) is 34.6 Å². The van der Waals surface area contributed by atoms with Crippen molar-refractivity contribution in [2.75, 3.05) is 42.7 Å². The first-order chi connectivity index (χ1) is 18.4. The van der Waals surface area contributed by atoms with Crippen molar-refractivity contribution in [2.45, 2.75) is 0 Å². The van der Waals surface area contributed by atoms with Gasteiger partial charge in [-0.25, -0.2) is 0 Å². The van der Waals surface area contributed by atoms with E-state index < -0.39 is 0 Å². The predicted molar refractivity (Wildman–Crippen MR) is 145 cm³/mol. The maximum Gasteiger partial charge on any atom is 0.185 e. The zero-order chi connectivity index (χ0) is 27.7. The van der Waals surface area contributed by atoms with E-state index in [0.717, 1.165) is 0 Å². The minimum Gasteiger partial charge on any atom is -0.496 e. The van der Waals surface area contributed by atoms with Crippen molar-refractivity contribution in [1.82, 2.24) is 0 Å². The van der Waals surface area contributed by atoms with E-state index in [1.54, 1.807) is 60.7 Å². The summed E-state index contributed by atoms with van der Waals surface area (Å²) in [4.78, 5) is 25.5. The average molecular weight is 519 g/mol. The summed E-state index contributed by atoms with van der Waals surface area (Å²) in [6.07, 6.45) is 6.15. The molecule has 8 heteroatoms. The maximum absolute atomic E-state index is 12.8. The fourth-order valence-corrected chi connectivity index (χ4v) is 3.69. The van der Waals surface area contributed by atoms with Crippen molar-refractivity contribution in [3.8, 4) is 34.5 Å². The Hall–Kier alpha value is -4.72. The first-order valence-corrected chi connectivity index (χ1v) is 11.5. The Morgan fingerprint density at radius 3 is 1.05 bits per heavy atom. The van der Waals surface area contributed by atoms with E-state index in [4.69, 9.17) is 28.4 Å². The highest BCUT2D eigenvalue weighted by Crippen LogP contribution is 2.36. The van der Waals surface area contributed by atoms with Crippen LogP contribution in [0.1, 0.15) is 31.8 Å². The molecule has 0 atom stereocenters. The van der Waals surface area contributed by atoms with Gasteiger partial charge in [-0.15, -0.1) is 0 Å². The van der Waals surface area contributed by atoms with Gasteiger partial charge in [0.2, 0.25) is 0 Å². The molecular weight excluding hydrogens is 488 g/mol. The van der Waals surface area contributed by atoms with E-state index in [1.807, 2.05) is 0 Å². The van der Waals surface area contributed by atoms with Crippen LogP contribution in [0.3, 0.4) is 0 Å². The van der Waals surface area contributed by atoms with Gasteiger partial charge in [-0.3, -0.25) is 9.59 Å². The van der Waals surface area contributed by atoms with Crippen molar-refractivity contribution >= 4 is 23.7 Å². The van der Waals surface area contributed by atoms with Gasteiger partial charge in [-0.2, -0.15) is 0 Å². The summed E-state index contributed by atoms with van der Waals surface area (Å²) >= 11 is 0. The minimum absolute atomic E-state index is 0.230. The number of allylic oxidation sites excluding steroid dienone is 2. The molecule has 0 aliphatic heterocycles. The summed E-state index contributed by atoms with van der Waals surface area (Å²) in [5, 5.41) is 0. The molecule has 0 aliphatic rings. The molecule has 198 valence electrons.